The molecule has 1 aliphatic rings. The molecule has 1 aliphatic carbocycles. The Kier molecular flexibility index (Phi) is 3.44. The molecule has 88 valence electrons. The van der Waals surface area contributed by atoms with Gasteiger partial charge in [0.15, 0.2) is 0 Å². The second-order valence-electron chi connectivity index (χ2n) is 5.07. The zero-order valence-electron chi connectivity index (χ0n) is 10.2. The van der Waals surface area contributed by atoms with Gasteiger partial charge in [0.25, 0.3) is 0 Å². The van der Waals surface area contributed by atoms with E-state index < -0.39 is 0 Å². The van der Waals surface area contributed by atoms with Gasteiger partial charge in [-0.1, -0.05) is 6.92 Å². The fourth-order valence-electron chi connectivity index (χ4n) is 2.03. The van der Waals surface area contributed by atoms with Gasteiger partial charge in [-0.15, -0.1) is 0 Å². The molecule has 0 radical (unpaired) electrons. The van der Waals surface area contributed by atoms with Crippen molar-refractivity contribution in [1.29, 1.82) is 0 Å². The van der Waals surface area contributed by atoms with Crippen LogP contribution in [0.1, 0.15) is 19.0 Å². The Morgan fingerprint density at radius 2 is 2.25 bits per heavy atom. The average Bonchev–Trinajstić information content (AvgIpc) is 2.93. The Morgan fingerprint density at radius 3 is 2.81 bits per heavy atom. The quantitative estimate of drug-likeness (QED) is 0.821. The maximum Gasteiger partial charge on any atom is 0.0501 e. The van der Waals surface area contributed by atoms with Crippen LogP contribution in [-0.2, 0) is 6.42 Å². The summed E-state index contributed by atoms with van der Waals surface area (Å²) in [5.41, 5.74) is 7.47. The van der Waals surface area contributed by atoms with Crippen LogP contribution in [0.4, 0.5) is 5.69 Å². The van der Waals surface area contributed by atoms with Crippen LogP contribution in [-0.4, -0.2) is 30.0 Å². The summed E-state index contributed by atoms with van der Waals surface area (Å²) >= 11 is 0. The molecule has 1 heterocycles. The van der Waals surface area contributed by atoms with Gasteiger partial charge in [0, 0.05) is 25.2 Å². The fourth-order valence-corrected chi connectivity index (χ4v) is 2.03. The third kappa shape index (κ3) is 3.20. The Bertz CT molecular complexity index is 334. The highest BCUT2D eigenvalue weighted by atomic mass is 15.1. The summed E-state index contributed by atoms with van der Waals surface area (Å²) in [6.07, 6.45) is 4.15. The second-order valence-corrected chi connectivity index (χ2v) is 5.07. The molecule has 0 amide bonds. The number of nitrogens with zero attached hydrogens (tertiary/aromatic N) is 2. The van der Waals surface area contributed by atoms with Crippen molar-refractivity contribution in [3.05, 3.63) is 24.0 Å². The van der Waals surface area contributed by atoms with Crippen molar-refractivity contribution in [1.82, 2.24) is 9.88 Å². The number of rotatable bonds is 5. The Morgan fingerprint density at radius 1 is 1.50 bits per heavy atom. The minimum absolute atomic E-state index is 0.740. The predicted molar refractivity (Wildman–Crippen MR) is 67.1 cm³/mol. The lowest BCUT2D eigenvalue weighted by molar-refractivity contribution is 0.318. The highest BCUT2D eigenvalue weighted by Gasteiger charge is 2.32. The Balaban J connectivity index is 1.72. The molecule has 3 nitrogen and oxygen atoms in total. The summed E-state index contributed by atoms with van der Waals surface area (Å²) in [5, 5.41) is 0. The summed E-state index contributed by atoms with van der Waals surface area (Å²) in [4.78, 5) is 6.72. The number of anilines is 1. The molecule has 0 bridgehead atoms. The van der Waals surface area contributed by atoms with Gasteiger partial charge in [-0.05, 0) is 37.4 Å². The molecule has 1 aromatic heterocycles. The van der Waals surface area contributed by atoms with Crippen molar-refractivity contribution >= 4 is 5.69 Å². The SMILES string of the molecule is CC1CC1CN(C)CCc1ccc(N)cn1. The molecular formula is C13H21N3. The van der Waals surface area contributed by atoms with Gasteiger partial charge in [0.05, 0.1) is 11.9 Å². The molecule has 2 unspecified atom stereocenters. The van der Waals surface area contributed by atoms with Crippen LogP contribution >= 0.6 is 0 Å². The molecule has 1 aromatic rings. The Hall–Kier alpha value is -1.09. The first-order valence-corrected chi connectivity index (χ1v) is 6.04. The van der Waals surface area contributed by atoms with Gasteiger partial charge in [-0.2, -0.15) is 0 Å². The zero-order valence-corrected chi connectivity index (χ0v) is 10.2. The zero-order chi connectivity index (χ0) is 11.5. The van der Waals surface area contributed by atoms with E-state index in [1.165, 1.54) is 13.0 Å². The molecule has 2 rings (SSSR count). The van der Waals surface area contributed by atoms with Gasteiger partial charge in [0.2, 0.25) is 0 Å². The van der Waals surface area contributed by atoms with E-state index in [0.717, 1.165) is 36.2 Å². The van der Waals surface area contributed by atoms with Crippen LogP contribution in [0.5, 0.6) is 0 Å². The van der Waals surface area contributed by atoms with Gasteiger partial charge in [-0.3, -0.25) is 4.98 Å². The van der Waals surface area contributed by atoms with Crippen molar-refractivity contribution in [2.75, 3.05) is 25.9 Å². The molecule has 0 spiro atoms. The smallest absolute Gasteiger partial charge is 0.0501 e. The number of nitrogens with two attached hydrogens (primary N) is 1. The number of pyridine rings is 1. The summed E-state index contributed by atoms with van der Waals surface area (Å²) < 4.78 is 0. The first-order valence-electron chi connectivity index (χ1n) is 6.04. The molecule has 2 atom stereocenters. The number of likely N-dealkylation sites (N-methyl/N-ethyl adjacent to an activating group) is 1. The van der Waals surface area contributed by atoms with E-state index in [4.69, 9.17) is 5.73 Å². The topological polar surface area (TPSA) is 42.1 Å². The van der Waals surface area contributed by atoms with E-state index in [1.807, 2.05) is 12.1 Å². The van der Waals surface area contributed by atoms with E-state index in [9.17, 15) is 0 Å². The standard InChI is InChI=1S/C13H21N3/c1-10-7-11(10)9-16(2)6-5-13-4-3-12(14)8-15-13/h3-4,8,10-11H,5-7,9,14H2,1-2H3. The monoisotopic (exact) mass is 219 g/mol. The summed E-state index contributed by atoms with van der Waals surface area (Å²) in [5.74, 6) is 1.88. The molecule has 1 fully saturated rings. The molecule has 3 heteroatoms. The highest BCUT2D eigenvalue weighted by molar-refractivity contribution is 5.34. The summed E-state index contributed by atoms with van der Waals surface area (Å²) in [6, 6.07) is 3.94. The first kappa shape index (κ1) is 11.4. The van der Waals surface area contributed by atoms with Crippen molar-refractivity contribution < 1.29 is 0 Å². The maximum atomic E-state index is 5.60. The summed E-state index contributed by atoms with van der Waals surface area (Å²) in [7, 11) is 2.20. The predicted octanol–water partition coefficient (Wildman–Crippen LogP) is 1.79. The second kappa shape index (κ2) is 4.83. The van der Waals surface area contributed by atoms with E-state index in [1.54, 1.807) is 6.20 Å². The van der Waals surface area contributed by atoms with Crippen molar-refractivity contribution in [3.63, 3.8) is 0 Å². The lowest BCUT2D eigenvalue weighted by atomic mass is 10.2. The maximum absolute atomic E-state index is 5.60. The molecule has 0 aromatic carbocycles. The lowest BCUT2D eigenvalue weighted by Crippen LogP contribution is -2.24. The number of aromatic nitrogens is 1. The molecule has 16 heavy (non-hydrogen) atoms. The van der Waals surface area contributed by atoms with Crippen LogP contribution in [0.2, 0.25) is 0 Å². The number of hydrogen-bond acceptors (Lipinski definition) is 3. The van der Waals surface area contributed by atoms with Crippen molar-refractivity contribution in [2.24, 2.45) is 11.8 Å². The highest BCUT2D eigenvalue weighted by Crippen LogP contribution is 2.37. The van der Waals surface area contributed by atoms with Crippen LogP contribution in [0.25, 0.3) is 0 Å². The third-order valence-electron chi connectivity index (χ3n) is 3.42. The fraction of sp³-hybridized carbons (Fsp3) is 0.615. The lowest BCUT2D eigenvalue weighted by Gasteiger charge is -2.15. The van der Waals surface area contributed by atoms with Gasteiger partial charge >= 0.3 is 0 Å². The Labute approximate surface area is 97.7 Å². The van der Waals surface area contributed by atoms with Gasteiger partial charge in [0.1, 0.15) is 0 Å². The van der Waals surface area contributed by atoms with E-state index >= 15 is 0 Å². The number of nitrogen functional groups attached to an aromatic ring is 1. The third-order valence-corrected chi connectivity index (χ3v) is 3.42. The van der Waals surface area contributed by atoms with Crippen LogP contribution in [0, 0.1) is 11.8 Å². The average molecular weight is 219 g/mol. The first-order chi connectivity index (χ1) is 7.65. The molecule has 2 N–H and O–H groups in total. The van der Waals surface area contributed by atoms with Crippen LogP contribution in [0.3, 0.4) is 0 Å². The van der Waals surface area contributed by atoms with Crippen LogP contribution in [0.15, 0.2) is 18.3 Å². The van der Waals surface area contributed by atoms with Gasteiger partial charge in [-0.25, -0.2) is 0 Å². The van der Waals surface area contributed by atoms with Crippen molar-refractivity contribution in [3.8, 4) is 0 Å². The minimum atomic E-state index is 0.740. The largest absolute Gasteiger partial charge is 0.397 e. The van der Waals surface area contributed by atoms with Crippen LogP contribution < -0.4 is 5.73 Å². The minimum Gasteiger partial charge on any atom is -0.397 e. The normalized spacial score (nSPS) is 23.7. The molecule has 1 saturated carbocycles. The van der Waals surface area contributed by atoms with E-state index in [-0.39, 0.29) is 0 Å². The summed E-state index contributed by atoms with van der Waals surface area (Å²) in [6.45, 7) is 4.65. The van der Waals surface area contributed by atoms with Crippen molar-refractivity contribution in [2.45, 2.75) is 19.8 Å². The molecule has 0 aliphatic heterocycles. The van der Waals surface area contributed by atoms with E-state index in [2.05, 4.69) is 23.9 Å². The van der Waals surface area contributed by atoms with Gasteiger partial charge < -0.3 is 10.6 Å². The number of hydrogen-bond donors (Lipinski definition) is 1. The molecule has 0 saturated heterocycles. The van der Waals surface area contributed by atoms with E-state index in [0.29, 0.717) is 0 Å². The molecular weight excluding hydrogens is 198 g/mol.